The molecule has 256 valence electrons. The van der Waals surface area contributed by atoms with Crippen LogP contribution < -0.4 is 10.2 Å². The molecular formula is C30H50N3O11P. The van der Waals surface area contributed by atoms with E-state index in [0.29, 0.717) is 12.8 Å². The number of amides is 1. The summed E-state index contributed by atoms with van der Waals surface area (Å²) in [5.74, 6) is -2.47. The summed E-state index contributed by atoms with van der Waals surface area (Å²) in [5, 5.41) is 26.9. The number of esters is 2. The Morgan fingerprint density at radius 1 is 1.04 bits per heavy atom. The topological polar surface area (TPSA) is 190 Å². The molecule has 45 heavy (non-hydrogen) atoms. The van der Waals surface area contributed by atoms with E-state index in [1.165, 1.54) is 13.8 Å². The number of hydrogen-bond acceptors (Lipinski definition) is 11. The lowest BCUT2D eigenvalue weighted by atomic mass is 9.96. The van der Waals surface area contributed by atoms with E-state index in [4.69, 9.17) is 18.7 Å². The van der Waals surface area contributed by atoms with Crippen LogP contribution in [0, 0.1) is 0 Å². The molecule has 0 aromatic carbocycles. The maximum absolute atomic E-state index is 14.1. The van der Waals surface area contributed by atoms with E-state index in [2.05, 4.69) is 30.6 Å². The van der Waals surface area contributed by atoms with Gasteiger partial charge in [0, 0.05) is 6.20 Å². The van der Waals surface area contributed by atoms with Gasteiger partial charge in [0.05, 0.1) is 26.2 Å². The van der Waals surface area contributed by atoms with Gasteiger partial charge in [0.1, 0.15) is 29.9 Å². The highest BCUT2D eigenvalue weighted by Gasteiger charge is 2.56. The van der Waals surface area contributed by atoms with Crippen LogP contribution in [0.25, 0.3) is 0 Å². The number of aliphatic hydroxyl groups is 2. The molecule has 0 aromatic heterocycles. The van der Waals surface area contributed by atoms with Crippen molar-refractivity contribution in [3.8, 4) is 0 Å². The van der Waals surface area contributed by atoms with Crippen LogP contribution in [0.15, 0.2) is 24.9 Å². The number of rotatable bonds is 21. The fourth-order valence-corrected chi connectivity index (χ4v) is 6.56. The van der Waals surface area contributed by atoms with Gasteiger partial charge in [-0.25, -0.2) is 10.2 Å². The Hall–Kier alpha value is -2.45. The molecule has 2 aliphatic heterocycles. The SMILES string of the molecule is C=C[C@]1(COP(=O)(N[C@@H](C)C(=O)OCCCCCC)N[C@@H](C)C(=O)OCCCCCC)O[C@@H](N2C=CC(=O)CC2=O)[C@H](O)[C@@H]1O. The lowest BCUT2D eigenvalue weighted by molar-refractivity contribution is -0.153. The summed E-state index contributed by atoms with van der Waals surface area (Å²) in [6.07, 6.45) is 5.36. The number of unbranched alkanes of at least 4 members (excludes halogenated alkanes) is 6. The lowest BCUT2D eigenvalue weighted by Gasteiger charge is -2.33. The number of carbonyl (C=O) groups is 4. The summed E-state index contributed by atoms with van der Waals surface area (Å²) in [6, 6.07) is -2.29. The van der Waals surface area contributed by atoms with E-state index in [1.54, 1.807) is 0 Å². The molecule has 1 amide bonds. The fourth-order valence-electron chi connectivity index (χ4n) is 4.72. The zero-order valence-corrected chi connectivity index (χ0v) is 27.7. The van der Waals surface area contributed by atoms with Crippen LogP contribution in [0.4, 0.5) is 0 Å². The highest BCUT2D eigenvalue weighted by Crippen LogP contribution is 2.43. The van der Waals surface area contributed by atoms with E-state index < -0.39 is 80.4 Å². The smallest absolute Gasteiger partial charge is 0.342 e. The summed E-state index contributed by atoms with van der Waals surface area (Å²) >= 11 is 0. The molecule has 4 N–H and O–H groups in total. The molecule has 14 nitrogen and oxygen atoms in total. The zero-order chi connectivity index (χ0) is 33.6. The van der Waals surface area contributed by atoms with Gasteiger partial charge in [-0.05, 0) is 32.8 Å². The molecule has 2 rings (SSSR count). The highest BCUT2D eigenvalue weighted by atomic mass is 31.2. The maximum Gasteiger partial charge on any atom is 0.342 e. The molecule has 2 heterocycles. The summed E-state index contributed by atoms with van der Waals surface area (Å²) in [5.41, 5.74) is -1.88. The second kappa shape index (κ2) is 18.6. The first-order chi connectivity index (χ1) is 21.3. The molecule has 0 spiro atoms. The molecule has 1 fully saturated rings. The van der Waals surface area contributed by atoms with E-state index in [0.717, 1.165) is 61.8 Å². The van der Waals surface area contributed by atoms with Crippen LogP contribution in [0.5, 0.6) is 0 Å². The van der Waals surface area contributed by atoms with Crippen molar-refractivity contribution in [1.82, 2.24) is 15.1 Å². The summed E-state index contributed by atoms with van der Waals surface area (Å²) in [4.78, 5) is 50.4. The first-order valence-electron chi connectivity index (χ1n) is 15.7. The highest BCUT2D eigenvalue weighted by molar-refractivity contribution is 7.54. The Morgan fingerprint density at radius 3 is 2.04 bits per heavy atom. The standard InChI is InChI=1S/C30H50N3O11P/c1-6-9-11-13-17-41-28(38)21(4)31-45(40,32-22(5)29(39)42-18-14-12-10-7-2)43-20-30(8-3)26(37)25(36)27(44-30)33-16-15-23(34)19-24(33)35/h8,15-16,21-22,25-27,36-37H,3,6-7,9-14,17-20H2,1-2,4-5H3,(H2,31,32,40)/t21-,22-,25+,26-,27+,30+/m0/s1. The van der Waals surface area contributed by atoms with Crippen LogP contribution in [-0.4, -0.2) is 94.7 Å². The monoisotopic (exact) mass is 659 g/mol. The van der Waals surface area contributed by atoms with Gasteiger partial charge in [0.15, 0.2) is 12.0 Å². The van der Waals surface area contributed by atoms with Gasteiger partial charge in [-0.15, -0.1) is 6.58 Å². The molecule has 0 aromatic rings. The summed E-state index contributed by atoms with van der Waals surface area (Å²) in [7, 11) is -4.33. The van der Waals surface area contributed by atoms with E-state index >= 15 is 0 Å². The van der Waals surface area contributed by atoms with Crippen molar-refractivity contribution in [1.29, 1.82) is 0 Å². The minimum absolute atomic E-state index is 0.179. The van der Waals surface area contributed by atoms with Crippen LogP contribution in [0.1, 0.15) is 85.5 Å². The Bertz CT molecular complexity index is 1070. The molecule has 15 heteroatoms. The number of allylic oxidation sites excluding steroid dienone is 1. The second-order valence-electron chi connectivity index (χ2n) is 11.3. The average molecular weight is 660 g/mol. The van der Waals surface area contributed by atoms with Gasteiger partial charge in [0.2, 0.25) is 5.91 Å². The zero-order valence-electron chi connectivity index (χ0n) is 26.8. The molecule has 0 bridgehead atoms. The quantitative estimate of drug-likeness (QED) is 0.0463. The Kier molecular flexibility index (Phi) is 16.0. The van der Waals surface area contributed by atoms with Crippen molar-refractivity contribution in [2.75, 3.05) is 19.8 Å². The van der Waals surface area contributed by atoms with Crippen molar-refractivity contribution >= 4 is 31.3 Å². The van der Waals surface area contributed by atoms with Gasteiger partial charge in [-0.3, -0.25) is 28.6 Å². The van der Waals surface area contributed by atoms with Crippen molar-refractivity contribution in [3.63, 3.8) is 0 Å². The minimum Gasteiger partial charge on any atom is -0.465 e. The number of nitrogens with zero attached hydrogens (tertiary/aromatic N) is 1. The summed E-state index contributed by atoms with van der Waals surface area (Å²) < 4.78 is 36.4. The molecular weight excluding hydrogens is 609 g/mol. The largest absolute Gasteiger partial charge is 0.465 e. The van der Waals surface area contributed by atoms with E-state index in [1.807, 2.05) is 0 Å². The van der Waals surface area contributed by atoms with Gasteiger partial charge in [0.25, 0.3) is 0 Å². The Labute approximate surface area is 265 Å². The van der Waals surface area contributed by atoms with Crippen molar-refractivity contribution < 1.29 is 52.7 Å². The number of nitrogens with one attached hydrogen (secondary N) is 2. The van der Waals surface area contributed by atoms with E-state index in [9.17, 15) is 34.0 Å². The third-order valence-corrected chi connectivity index (χ3v) is 9.45. The fraction of sp³-hybridized carbons (Fsp3) is 0.733. The first-order valence-corrected chi connectivity index (χ1v) is 17.3. The third-order valence-electron chi connectivity index (χ3n) is 7.50. The van der Waals surface area contributed by atoms with Crippen molar-refractivity contribution in [2.24, 2.45) is 0 Å². The molecule has 6 atom stereocenters. The maximum atomic E-state index is 14.1. The Balaban J connectivity index is 2.19. The molecule has 2 aliphatic rings. The summed E-state index contributed by atoms with van der Waals surface area (Å²) in [6.45, 7) is 10.3. The molecule has 0 radical (unpaired) electrons. The van der Waals surface area contributed by atoms with E-state index in [-0.39, 0.29) is 13.2 Å². The molecule has 0 saturated carbocycles. The minimum atomic E-state index is -4.33. The average Bonchev–Trinajstić information content (AvgIpc) is 3.25. The van der Waals surface area contributed by atoms with Crippen LogP contribution in [0.2, 0.25) is 0 Å². The number of carbonyl (C=O) groups excluding carboxylic acids is 4. The third kappa shape index (κ3) is 11.4. The van der Waals surface area contributed by atoms with Crippen molar-refractivity contribution in [3.05, 3.63) is 24.9 Å². The molecule has 1 saturated heterocycles. The molecule has 0 aliphatic carbocycles. The van der Waals surface area contributed by atoms with Gasteiger partial charge >= 0.3 is 19.6 Å². The predicted octanol–water partition coefficient (Wildman–Crippen LogP) is 2.63. The molecule has 0 unspecified atom stereocenters. The van der Waals surface area contributed by atoms with Crippen LogP contribution in [0.3, 0.4) is 0 Å². The van der Waals surface area contributed by atoms with Gasteiger partial charge < -0.3 is 28.9 Å². The van der Waals surface area contributed by atoms with Gasteiger partial charge in [-0.2, -0.15) is 0 Å². The number of ether oxygens (including phenoxy) is 3. The normalized spacial score (nSPS) is 24.8. The van der Waals surface area contributed by atoms with Crippen LogP contribution >= 0.6 is 7.67 Å². The van der Waals surface area contributed by atoms with Gasteiger partial charge in [-0.1, -0.05) is 58.4 Å². The lowest BCUT2D eigenvalue weighted by Crippen LogP contribution is -2.47. The Morgan fingerprint density at radius 2 is 1.58 bits per heavy atom. The predicted molar refractivity (Wildman–Crippen MR) is 164 cm³/mol. The second-order valence-corrected chi connectivity index (χ2v) is 13.2. The van der Waals surface area contributed by atoms with Crippen molar-refractivity contribution in [2.45, 2.75) is 122 Å². The number of hydrogen-bond donors (Lipinski definition) is 4. The van der Waals surface area contributed by atoms with Crippen LogP contribution in [-0.2, 0) is 42.5 Å². The number of ketones is 1. The first kappa shape index (κ1) is 38.7. The number of aliphatic hydroxyl groups excluding tert-OH is 2.